The van der Waals surface area contributed by atoms with Gasteiger partial charge in [-0.25, -0.2) is 5.43 Å². The third kappa shape index (κ3) is 3.29. The minimum Gasteiger partial charge on any atom is -0.267 e. The number of nitrogens with one attached hydrogen (secondary N) is 1. The van der Waals surface area contributed by atoms with Crippen molar-refractivity contribution >= 4 is 11.6 Å². The number of pyridine rings is 1. The second kappa shape index (κ2) is 6.10. The SMILES string of the molecule is CC(=NNC(=O)c1cccnc1)c1ccc(C)cc1C. The van der Waals surface area contributed by atoms with Crippen LogP contribution < -0.4 is 5.43 Å². The highest BCUT2D eigenvalue weighted by atomic mass is 16.2. The van der Waals surface area contributed by atoms with E-state index < -0.39 is 0 Å². The fraction of sp³-hybridized carbons (Fsp3) is 0.188. The molecule has 1 amide bonds. The monoisotopic (exact) mass is 267 g/mol. The number of amides is 1. The van der Waals surface area contributed by atoms with Crippen molar-refractivity contribution in [3.63, 3.8) is 0 Å². The lowest BCUT2D eigenvalue weighted by Gasteiger charge is -2.07. The first-order valence-corrected chi connectivity index (χ1v) is 6.40. The van der Waals surface area contributed by atoms with Gasteiger partial charge in [-0.3, -0.25) is 9.78 Å². The average molecular weight is 267 g/mol. The van der Waals surface area contributed by atoms with Crippen LogP contribution in [0.25, 0.3) is 0 Å². The van der Waals surface area contributed by atoms with Crippen LogP contribution in [0.1, 0.15) is 34.0 Å². The Morgan fingerprint density at radius 1 is 1.25 bits per heavy atom. The molecule has 102 valence electrons. The van der Waals surface area contributed by atoms with Gasteiger partial charge in [0, 0.05) is 18.0 Å². The Morgan fingerprint density at radius 2 is 2.05 bits per heavy atom. The van der Waals surface area contributed by atoms with Crippen molar-refractivity contribution < 1.29 is 4.79 Å². The van der Waals surface area contributed by atoms with Gasteiger partial charge in [0.2, 0.25) is 0 Å². The second-order valence-electron chi connectivity index (χ2n) is 4.70. The maximum Gasteiger partial charge on any atom is 0.272 e. The van der Waals surface area contributed by atoms with Crippen molar-refractivity contribution in [2.75, 3.05) is 0 Å². The number of benzene rings is 1. The van der Waals surface area contributed by atoms with E-state index in [4.69, 9.17) is 0 Å². The van der Waals surface area contributed by atoms with E-state index in [1.165, 1.54) is 11.8 Å². The smallest absolute Gasteiger partial charge is 0.267 e. The lowest BCUT2D eigenvalue weighted by atomic mass is 10.0. The first-order chi connectivity index (χ1) is 9.58. The van der Waals surface area contributed by atoms with E-state index in [1.54, 1.807) is 18.3 Å². The number of aryl methyl sites for hydroxylation is 2. The minimum absolute atomic E-state index is 0.262. The fourth-order valence-electron chi connectivity index (χ4n) is 1.98. The van der Waals surface area contributed by atoms with Gasteiger partial charge in [0.1, 0.15) is 0 Å². The predicted octanol–water partition coefficient (Wildman–Crippen LogP) is 2.85. The van der Waals surface area contributed by atoms with Gasteiger partial charge >= 0.3 is 0 Å². The van der Waals surface area contributed by atoms with E-state index in [9.17, 15) is 4.79 Å². The largest absolute Gasteiger partial charge is 0.272 e. The van der Waals surface area contributed by atoms with Crippen LogP contribution >= 0.6 is 0 Å². The molecule has 0 unspecified atom stereocenters. The first-order valence-electron chi connectivity index (χ1n) is 6.40. The van der Waals surface area contributed by atoms with Crippen LogP contribution in [0.3, 0.4) is 0 Å². The van der Waals surface area contributed by atoms with Crippen molar-refractivity contribution in [3.8, 4) is 0 Å². The Kier molecular flexibility index (Phi) is 4.25. The van der Waals surface area contributed by atoms with E-state index >= 15 is 0 Å². The molecule has 0 aliphatic rings. The van der Waals surface area contributed by atoms with Gasteiger partial charge < -0.3 is 0 Å². The van der Waals surface area contributed by atoms with Gasteiger partial charge in [-0.15, -0.1) is 0 Å². The molecule has 0 saturated carbocycles. The van der Waals surface area contributed by atoms with Gasteiger partial charge in [-0.2, -0.15) is 5.10 Å². The molecule has 0 aliphatic heterocycles. The van der Waals surface area contributed by atoms with Crippen molar-refractivity contribution in [3.05, 3.63) is 65.0 Å². The van der Waals surface area contributed by atoms with Crippen molar-refractivity contribution in [2.45, 2.75) is 20.8 Å². The Hall–Kier alpha value is -2.49. The molecular formula is C16H17N3O. The molecule has 0 spiro atoms. The van der Waals surface area contributed by atoms with E-state index in [0.717, 1.165) is 16.8 Å². The molecule has 0 saturated heterocycles. The zero-order valence-corrected chi connectivity index (χ0v) is 11.8. The van der Waals surface area contributed by atoms with E-state index in [0.29, 0.717) is 5.56 Å². The van der Waals surface area contributed by atoms with Gasteiger partial charge in [-0.05, 0) is 38.5 Å². The Morgan fingerprint density at radius 3 is 2.70 bits per heavy atom. The van der Waals surface area contributed by atoms with Crippen molar-refractivity contribution in [1.29, 1.82) is 0 Å². The van der Waals surface area contributed by atoms with Gasteiger partial charge in [-0.1, -0.05) is 23.8 Å². The third-order valence-corrected chi connectivity index (χ3v) is 3.02. The summed E-state index contributed by atoms with van der Waals surface area (Å²) in [4.78, 5) is 15.8. The zero-order valence-electron chi connectivity index (χ0n) is 11.8. The summed E-state index contributed by atoms with van der Waals surface area (Å²) in [5.74, 6) is -0.262. The van der Waals surface area contributed by atoms with E-state index in [2.05, 4.69) is 21.6 Å². The molecule has 0 fully saturated rings. The lowest BCUT2D eigenvalue weighted by molar-refractivity contribution is 0.0954. The van der Waals surface area contributed by atoms with Crippen LogP contribution in [0, 0.1) is 13.8 Å². The summed E-state index contributed by atoms with van der Waals surface area (Å²) in [5.41, 5.74) is 7.19. The molecule has 0 aliphatic carbocycles. The van der Waals surface area contributed by atoms with Crippen LogP contribution in [-0.2, 0) is 0 Å². The Balaban J connectivity index is 2.13. The average Bonchev–Trinajstić information content (AvgIpc) is 2.45. The van der Waals surface area contributed by atoms with Gasteiger partial charge in [0.15, 0.2) is 0 Å². The molecule has 1 aromatic carbocycles. The van der Waals surface area contributed by atoms with Crippen LogP contribution in [0.2, 0.25) is 0 Å². The first kappa shape index (κ1) is 13.9. The molecule has 4 nitrogen and oxygen atoms in total. The third-order valence-electron chi connectivity index (χ3n) is 3.02. The van der Waals surface area contributed by atoms with E-state index in [1.807, 2.05) is 32.9 Å². The standard InChI is InChI=1S/C16H17N3O/c1-11-6-7-15(12(2)9-11)13(3)18-19-16(20)14-5-4-8-17-10-14/h4-10H,1-3H3,(H,19,20). The van der Waals surface area contributed by atoms with Crippen LogP contribution in [0.4, 0.5) is 0 Å². The Labute approximate surface area is 118 Å². The number of hydrogen-bond acceptors (Lipinski definition) is 3. The molecule has 2 aromatic rings. The summed E-state index contributed by atoms with van der Waals surface area (Å²) >= 11 is 0. The predicted molar refractivity (Wildman–Crippen MR) is 79.8 cm³/mol. The summed E-state index contributed by atoms with van der Waals surface area (Å²) in [5, 5.41) is 4.15. The number of aromatic nitrogens is 1. The normalized spacial score (nSPS) is 11.2. The summed E-state index contributed by atoms with van der Waals surface area (Å²) < 4.78 is 0. The quantitative estimate of drug-likeness (QED) is 0.686. The fourth-order valence-corrected chi connectivity index (χ4v) is 1.98. The Bertz CT molecular complexity index is 648. The maximum absolute atomic E-state index is 11.9. The molecule has 2 rings (SSSR count). The highest BCUT2D eigenvalue weighted by molar-refractivity contribution is 6.01. The van der Waals surface area contributed by atoms with Gasteiger partial charge in [0.05, 0.1) is 11.3 Å². The molecule has 1 N–H and O–H groups in total. The molecule has 0 radical (unpaired) electrons. The second-order valence-corrected chi connectivity index (χ2v) is 4.70. The van der Waals surface area contributed by atoms with Gasteiger partial charge in [0.25, 0.3) is 5.91 Å². The number of carbonyl (C=O) groups excluding carboxylic acids is 1. The molecular weight excluding hydrogens is 250 g/mol. The van der Waals surface area contributed by atoms with Crippen LogP contribution in [0.15, 0.2) is 47.8 Å². The highest BCUT2D eigenvalue weighted by Crippen LogP contribution is 2.11. The topological polar surface area (TPSA) is 54.4 Å². The summed E-state index contributed by atoms with van der Waals surface area (Å²) in [7, 11) is 0. The number of carbonyl (C=O) groups is 1. The van der Waals surface area contributed by atoms with Crippen LogP contribution in [-0.4, -0.2) is 16.6 Å². The molecule has 0 bridgehead atoms. The molecule has 0 atom stereocenters. The zero-order chi connectivity index (χ0) is 14.5. The van der Waals surface area contributed by atoms with Crippen molar-refractivity contribution in [1.82, 2.24) is 10.4 Å². The van der Waals surface area contributed by atoms with Crippen LogP contribution in [0.5, 0.6) is 0 Å². The molecule has 4 heteroatoms. The summed E-state index contributed by atoms with van der Waals surface area (Å²) in [6, 6.07) is 9.56. The highest BCUT2D eigenvalue weighted by Gasteiger charge is 2.05. The number of nitrogens with zero attached hydrogens (tertiary/aromatic N) is 2. The maximum atomic E-state index is 11.9. The number of hydrazone groups is 1. The molecule has 1 aromatic heterocycles. The van der Waals surface area contributed by atoms with E-state index in [-0.39, 0.29) is 5.91 Å². The molecule has 1 heterocycles. The molecule has 20 heavy (non-hydrogen) atoms. The van der Waals surface area contributed by atoms with Crippen molar-refractivity contribution in [2.24, 2.45) is 5.10 Å². The lowest BCUT2D eigenvalue weighted by Crippen LogP contribution is -2.19. The summed E-state index contributed by atoms with van der Waals surface area (Å²) in [6.45, 7) is 5.96. The number of hydrogen-bond donors (Lipinski definition) is 1. The number of rotatable bonds is 3. The summed E-state index contributed by atoms with van der Waals surface area (Å²) in [6.07, 6.45) is 3.14. The minimum atomic E-state index is -0.262.